The molecule has 0 spiro atoms. The van der Waals surface area contributed by atoms with Crippen LogP contribution in [-0.2, 0) is 27.9 Å². The number of halogens is 2. The van der Waals surface area contributed by atoms with Crippen LogP contribution >= 0.6 is 27.5 Å². The molecular weight excluding hydrogens is 702 g/mol. The molecule has 0 saturated carbocycles. The summed E-state index contributed by atoms with van der Waals surface area (Å²) < 4.78 is 35.3. The van der Waals surface area contributed by atoms with Crippen LogP contribution in [0, 0.1) is 11.3 Å². The first-order valence-electron chi connectivity index (χ1n) is 16.8. The quantitative estimate of drug-likeness (QED) is 0.170. The summed E-state index contributed by atoms with van der Waals surface area (Å²) in [5.74, 6) is 0. The molecule has 0 N–H and O–H groups in total. The molecule has 3 aromatic carbocycles. The number of hydrogen-bond acceptors (Lipinski definition) is 7. The molecule has 0 aromatic heterocycles. The van der Waals surface area contributed by atoms with Crippen molar-refractivity contribution in [3.8, 4) is 6.07 Å². The fourth-order valence-electron chi connectivity index (χ4n) is 5.02. The molecule has 2 heterocycles. The SMILES string of the molecule is CC(C)OB(OC(C)C)c1ccccc1Cl.CC1(C)OB(c2ccccc2)OC1(C)CBr.CC1(C)OB(c2ccccc2)OC1(C)CC#N. The molecule has 49 heavy (non-hydrogen) atoms. The number of benzene rings is 3. The van der Waals surface area contributed by atoms with E-state index in [0.29, 0.717) is 11.4 Å². The lowest BCUT2D eigenvalue weighted by Gasteiger charge is -2.34. The first-order chi connectivity index (χ1) is 23.0. The van der Waals surface area contributed by atoms with Crippen LogP contribution in [0.2, 0.25) is 5.02 Å². The second-order valence-corrected chi connectivity index (χ2v) is 15.1. The number of rotatable bonds is 9. The van der Waals surface area contributed by atoms with E-state index < -0.39 is 18.3 Å². The van der Waals surface area contributed by atoms with Crippen LogP contribution in [0.15, 0.2) is 84.9 Å². The number of hydrogen-bond donors (Lipinski definition) is 0. The van der Waals surface area contributed by atoms with Crippen LogP contribution in [0.4, 0.5) is 0 Å². The van der Waals surface area contributed by atoms with E-state index in [2.05, 4.69) is 42.8 Å². The summed E-state index contributed by atoms with van der Waals surface area (Å²) in [5, 5.41) is 10.3. The first-order valence-corrected chi connectivity index (χ1v) is 18.3. The third-order valence-corrected chi connectivity index (χ3v) is 10.3. The first kappa shape index (κ1) is 41.3. The van der Waals surface area contributed by atoms with Crippen molar-refractivity contribution in [2.24, 2.45) is 0 Å². The average molecular weight is 753 g/mol. The van der Waals surface area contributed by atoms with Crippen molar-refractivity contribution in [3.05, 3.63) is 90.0 Å². The van der Waals surface area contributed by atoms with Crippen LogP contribution in [0.5, 0.6) is 0 Å². The smallest absolute Gasteiger partial charge is 0.405 e. The maximum absolute atomic E-state index is 8.90. The third-order valence-electron chi connectivity index (χ3n) is 8.85. The highest BCUT2D eigenvalue weighted by Crippen LogP contribution is 2.39. The Hall–Kier alpha value is -2.13. The van der Waals surface area contributed by atoms with Gasteiger partial charge in [0.25, 0.3) is 0 Å². The highest BCUT2D eigenvalue weighted by atomic mass is 79.9. The molecule has 262 valence electrons. The molecule has 2 unspecified atom stereocenters. The molecule has 0 amide bonds. The Labute approximate surface area is 308 Å². The Bertz CT molecular complexity index is 1490. The second-order valence-electron chi connectivity index (χ2n) is 14.1. The number of nitriles is 1. The maximum atomic E-state index is 8.90. The lowest BCUT2D eigenvalue weighted by atomic mass is 9.78. The molecule has 2 aliphatic rings. The standard InChI is InChI=1S/C13H16BNO2.C12H16BBrO2.C12H18BClO2/c1-12(2)13(3,9-10-15)17-14(16-12)11-7-5-4-6-8-11;1-11(2)12(3,9-14)16-13(15-11)10-7-5-4-6-8-10;1-9(2)15-13(16-10(3)4)11-7-5-6-8-12(11)14/h4-8H,9H2,1-3H3;4-8H,9H2,1-3H3;5-10H,1-4H3. The van der Waals surface area contributed by atoms with E-state index in [1.807, 2.05) is 133 Å². The maximum Gasteiger partial charge on any atom is 0.495 e. The van der Waals surface area contributed by atoms with Crippen LogP contribution in [0.1, 0.15) is 75.7 Å². The normalized spacial score (nSPS) is 22.2. The molecule has 3 aromatic rings. The monoisotopic (exact) mass is 751 g/mol. The van der Waals surface area contributed by atoms with E-state index in [1.54, 1.807) is 0 Å². The van der Waals surface area contributed by atoms with E-state index in [0.717, 1.165) is 21.7 Å². The molecule has 0 radical (unpaired) electrons. The van der Waals surface area contributed by atoms with Crippen LogP contribution in [-0.4, -0.2) is 61.3 Å². The van der Waals surface area contributed by atoms with Gasteiger partial charge in [-0.2, -0.15) is 5.26 Å². The van der Waals surface area contributed by atoms with Crippen molar-refractivity contribution in [1.82, 2.24) is 0 Å². The van der Waals surface area contributed by atoms with Gasteiger partial charge in [0.05, 0.1) is 34.9 Å². The van der Waals surface area contributed by atoms with E-state index in [1.165, 1.54) is 0 Å². The highest BCUT2D eigenvalue weighted by Gasteiger charge is 2.55. The Kier molecular flexibility index (Phi) is 15.1. The van der Waals surface area contributed by atoms with Gasteiger partial charge >= 0.3 is 21.4 Å². The van der Waals surface area contributed by atoms with Crippen molar-refractivity contribution in [3.63, 3.8) is 0 Å². The molecule has 2 saturated heterocycles. The van der Waals surface area contributed by atoms with Crippen molar-refractivity contribution < 1.29 is 27.9 Å². The molecule has 5 rings (SSSR count). The topological polar surface area (TPSA) is 79.2 Å². The predicted octanol–water partition coefficient (Wildman–Crippen LogP) is 7.13. The summed E-state index contributed by atoms with van der Waals surface area (Å²) in [7, 11) is -1.04. The van der Waals surface area contributed by atoms with Gasteiger partial charge in [-0.3, -0.25) is 0 Å². The lowest BCUT2D eigenvalue weighted by molar-refractivity contribution is -0.00545. The summed E-state index contributed by atoms with van der Waals surface area (Å²) in [6, 6.07) is 29.6. The lowest BCUT2D eigenvalue weighted by Crippen LogP contribution is -2.46. The Morgan fingerprint density at radius 1 is 0.694 bits per heavy atom. The second kappa shape index (κ2) is 17.9. The molecule has 7 nitrogen and oxygen atoms in total. The van der Waals surface area contributed by atoms with Crippen molar-refractivity contribution in [2.45, 2.75) is 110 Å². The summed E-state index contributed by atoms with van der Waals surface area (Å²) in [6.45, 7) is 20.0. The van der Waals surface area contributed by atoms with Gasteiger partial charge in [0.1, 0.15) is 0 Å². The van der Waals surface area contributed by atoms with Gasteiger partial charge in [0.15, 0.2) is 0 Å². The fraction of sp³-hybridized carbons (Fsp3) is 0.486. The zero-order valence-electron chi connectivity index (χ0n) is 30.5. The van der Waals surface area contributed by atoms with Gasteiger partial charge in [0, 0.05) is 28.0 Å². The van der Waals surface area contributed by atoms with Gasteiger partial charge in [-0.15, -0.1) is 0 Å². The van der Waals surface area contributed by atoms with Gasteiger partial charge in [-0.1, -0.05) is 106 Å². The fourth-order valence-corrected chi connectivity index (χ4v) is 6.05. The highest BCUT2D eigenvalue weighted by molar-refractivity contribution is 9.09. The van der Waals surface area contributed by atoms with Crippen molar-refractivity contribution in [2.75, 3.05) is 5.33 Å². The van der Waals surface area contributed by atoms with Crippen molar-refractivity contribution in [1.29, 1.82) is 5.26 Å². The van der Waals surface area contributed by atoms with Crippen LogP contribution < -0.4 is 16.4 Å². The molecule has 12 heteroatoms. The largest absolute Gasteiger partial charge is 0.495 e. The van der Waals surface area contributed by atoms with Crippen LogP contribution in [0.25, 0.3) is 0 Å². The van der Waals surface area contributed by atoms with Gasteiger partial charge in [0.2, 0.25) is 0 Å². The van der Waals surface area contributed by atoms with E-state index in [-0.39, 0.29) is 37.6 Å². The zero-order valence-corrected chi connectivity index (χ0v) is 32.9. The summed E-state index contributed by atoms with van der Waals surface area (Å²) in [6.07, 6.45) is 0.517. The van der Waals surface area contributed by atoms with Gasteiger partial charge in [-0.05, 0) is 86.2 Å². The molecule has 0 bridgehead atoms. The molecule has 2 aliphatic heterocycles. The molecular formula is C37H50B3BrClNO6. The van der Waals surface area contributed by atoms with E-state index in [4.69, 9.17) is 44.8 Å². The number of alkyl halides is 1. The summed E-state index contributed by atoms with van der Waals surface area (Å²) in [4.78, 5) is 0. The van der Waals surface area contributed by atoms with E-state index in [9.17, 15) is 0 Å². The summed E-state index contributed by atoms with van der Waals surface area (Å²) in [5.41, 5.74) is 1.31. The van der Waals surface area contributed by atoms with Gasteiger partial charge in [-0.25, -0.2) is 0 Å². The third kappa shape index (κ3) is 10.9. The Morgan fingerprint density at radius 2 is 1.10 bits per heavy atom. The van der Waals surface area contributed by atoms with Crippen molar-refractivity contribution >= 4 is 65.3 Å². The zero-order chi connectivity index (χ0) is 36.5. The average Bonchev–Trinajstić information content (AvgIpc) is 3.44. The predicted molar refractivity (Wildman–Crippen MR) is 206 cm³/mol. The minimum Gasteiger partial charge on any atom is -0.405 e. The van der Waals surface area contributed by atoms with Gasteiger partial charge < -0.3 is 27.9 Å². The molecule has 2 fully saturated rings. The Balaban J connectivity index is 0.000000199. The minimum atomic E-state index is -0.567. The van der Waals surface area contributed by atoms with Crippen LogP contribution in [0.3, 0.4) is 0 Å². The Morgan fingerprint density at radius 3 is 1.49 bits per heavy atom. The van der Waals surface area contributed by atoms with E-state index >= 15 is 0 Å². The molecule has 2 atom stereocenters. The number of nitrogens with zero attached hydrogens (tertiary/aromatic N) is 1. The molecule has 0 aliphatic carbocycles. The minimum absolute atomic E-state index is 0.0972. The summed E-state index contributed by atoms with van der Waals surface area (Å²) >= 11 is 9.63.